The molecule has 0 saturated carbocycles. The van der Waals surface area contributed by atoms with E-state index in [9.17, 15) is 14.4 Å². The minimum atomic E-state index is -1.26. The predicted octanol–water partition coefficient (Wildman–Crippen LogP) is 0.270. The van der Waals surface area contributed by atoms with Crippen LogP contribution < -0.4 is 5.32 Å². The first-order valence-electron chi connectivity index (χ1n) is 4.94. The number of benzene rings is 1. The van der Waals surface area contributed by atoms with Crippen LogP contribution in [-0.2, 0) is 20.7 Å². The fraction of sp³-hybridized carbons (Fsp3) is 0.182. The SMILES string of the molecule is O=COC(=O)N[C@@H](Cc1ccc(O)cc1)C(=O)O. The van der Waals surface area contributed by atoms with Gasteiger partial charge in [-0.25, -0.2) is 9.59 Å². The van der Waals surface area contributed by atoms with Gasteiger partial charge >= 0.3 is 18.5 Å². The number of aromatic hydroxyl groups is 1. The molecule has 1 rings (SSSR count). The zero-order chi connectivity index (χ0) is 13.5. The highest BCUT2D eigenvalue weighted by atomic mass is 16.6. The van der Waals surface area contributed by atoms with Crippen LogP contribution in [0.25, 0.3) is 0 Å². The van der Waals surface area contributed by atoms with Crippen LogP contribution in [0, 0.1) is 0 Å². The number of carboxylic acid groups (broad SMARTS) is 1. The lowest BCUT2D eigenvalue weighted by molar-refractivity contribution is -0.139. The van der Waals surface area contributed by atoms with E-state index >= 15 is 0 Å². The van der Waals surface area contributed by atoms with E-state index in [0.29, 0.717) is 5.56 Å². The van der Waals surface area contributed by atoms with Gasteiger partial charge in [0.15, 0.2) is 0 Å². The summed E-state index contributed by atoms with van der Waals surface area (Å²) in [5.41, 5.74) is 0.603. The number of ether oxygens (including phenoxy) is 1. The Bertz CT molecular complexity index is 441. The Morgan fingerprint density at radius 3 is 2.44 bits per heavy atom. The molecule has 18 heavy (non-hydrogen) atoms. The first-order chi connectivity index (χ1) is 8.52. The van der Waals surface area contributed by atoms with E-state index in [1.54, 1.807) is 0 Å². The van der Waals surface area contributed by atoms with Gasteiger partial charge in [0.05, 0.1) is 0 Å². The van der Waals surface area contributed by atoms with Crippen molar-refractivity contribution in [2.75, 3.05) is 0 Å². The lowest BCUT2D eigenvalue weighted by atomic mass is 10.1. The van der Waals surface area contributed by atoms with Crippen molar-refractivity contribution in [1.29, 1.82) is 0 Å². The quantitative estimate of drug-likeness (QED) is 0.512. The van der Waals surface area contributed by atoms with Crippen LogP contribution in [0.4, 0.5) is 4.79 Å². The van der Waals surface area contributed by atoms with Crippen molar-refractivity contribution in [3.8, 4) is 5.75 Å². The molecule has 0 aliphatic rings. The number of aliphatic carboxylic acids is 1. The number of carbonyl (C=O) groups excluding carboxylic acids is 2. The van der Waals surface area contributed by atoms with Crippen LogP contribution in [0.2, 0.25) is 0 Å². The Balaban J connectivity index is 2.68. The fourth-order valence-corrected chi connectivity index (χ4v) is 1.29. The van der Waals surface area contributed by atoms with Gasteiger partial charge in [0.25, 0.3) is 0 Å². The number of hydrogen-bond acceptors (Lipinski definition) is 5. The van der Waals surface area contributed by atoms with Crippen molar-refractivity contribution in [1.82, 2.24) is 5.32 Å². The number of alkyl carbamates (subject to hydrolysis) is 1. The van der Waals surface area contributed by atoms with Crippen molar-refractivity contribution in [3.63, 3.8) is 0 Å². The highest BCUT2D eigenvalue weighted by Crippen LogP contribution is 2.11. The Labute approximate surface area is 102 Å². The first kappa shape index (κ1) is 13.5. The van der Waals surface area contributed by atoms with E-state index in [1.165, 1.54) is 24.3 Å². The Hall–Kier alpha value is -2.57. The molecule has 96 valence electrons. The molecule has 0 unspecified atom stereocenters. The summed E-state index contributed by atoms with van der Waals surface area (Å²) in [7, 11) is 0. The van der Waals surface area contributed by atoms with Crippen molar-refractivity contribution in [3.05, 3.63) is 29.8 Å². The van der Waals surface area contributed by atoms with Crippen LogP contribution in [0.3, 0.4) is 0 Å². The lowest BCUT2D eigenvalue weighted by Crippen LogP contribution is -2.42. The summed E-state index contributed by atoms with van der Waals surface area (Å²) >= 11 is 0. The number of phenols is 1. The normalized spacial score (nSPS) is 11.3. The summed E-state index contributed by atoms with van der Waals surface area (Å²) in [5.74, 6) is -1.20. The number of carboxylic acids is 1. The first-order valence-corrected chi connectivity index (χ1v) is 4.94. The van der Waals surface area contributed by atoms with Crippen LogP contribution in [0.5, 0.6) is 5.75 Å². The van der Waals surface area contributed by atoms with Gasteiger partial charge in [-0.1, -0.05) is 12.1 Å². The molecule has 1 atom stereocenters. The summed E-state index contributed by atoms with van der Waals surface area (Å²) in [4.78, 5) is 31.7. The zero-order valence-electron chi connectivity index (χ0n) is 9.20. The maximum Gasteiger partial charge on any atom is 0.415 e. The van der Waals surface area contributed by atoms with E-state index in [2.05, 4.69) is 4.74 Å². The second-order valence-corrected chi connectivity index (χ2v) is 3.41. The van der Waals surface area contributed by atoms with E-state index in [4.69, 9.17) is 10.2 Å². The van der Waals surface area contributed by atoms with Crippen LogP contribution in [0.1, 0.15) is 5.56 Å². The molecule has 7 nitrogen and oxygen atoms in total. The van der Waals surface area contributed by atoms with E-state index in [-0.39, 0.29) is 18.6 Å². The number of carbonyl (C=O) groups is 3. The van der Waals surface area contributed by atoms with Gasteiger partial charge in [0.1, 0.15) is 11.8 Å². The van der Waals surface area contributed by atoms with Gasteiger partial charge in [-0.15, -0.1) is 0 Å². The van der Waals surface area contributed by atoms with E-state index < -0.39 is 18.1 Å². The number of rotatable bonds is 5. The van der Waals surface area contributed by atoms with Crippen LogP contribution in [0.15, 0.2) is 24.3 Å². The minimum Gasteiger partial charge on any atom is -0.508 e. The molecule has 0 spiro atoms. The maximum atomic E-state index is 10.9. The third-order valence-electron chi connectivity index (χ3n) is 2.12. The van der Waals surface area contributed by atoms with E-state index in [0.717, 1.165) is 0 Å². The highest BCUT2D eigenvalue weighted by Gasteiger charge is 2.21. The summed E-state index contributed by atoms with van der Waals surface area (Å²) in [6, 6.07) is 4.63. The van der Waals surface area contributed by atoms with E-state index in [1.807, 2.05) is 5.32 Å². The van der Waals surface area contributed by atoms with Gasteiger partial charge in [0, 0.05) is 6.42 Å². The molecular formula is C11H11NO6. The molecule has 1 amide bonds. The third-order valence-corrected chi connectivity index (χ3v) is 2.12. The molecule has 0 aliphatic carbocycles. The standard InChI is InChI=1S/C11H11NO6/c13-6-18-11(17)12-9(10(15)16)5-7-1-3-8(14)4-2-7/h1-4,6,9,14H,5H2,(H,12,17)(H,15,16)/t9-/m0/s1. The average Bonchev–Trinajstić information content (AvgIpc) is 2.31. The number of hydrogen-bond donors (Lipinski definition) is 3. The maximum absolute atomic E-state index is 10.9. The molecular weight excluding hydrogens is 242 g/mol. The molecule has 0 bridgehead atoms. The summed E-state index contributed by atoms with van der Waals surface area (Å²) in [5, 5.41) is 20.0. The Morgan fingerprint density at radius 2 is 1.94 bits per heavy atom. The molecule has 0 radical (unpaired) electrons. The second kappa shape index (κ2) is 6.24. The number of nitrogens with one attached hydrogen (secondary N) is 1. The fourth-order valence-electron chi connectivity index (χ4n) is 1.29. The van der Waals surface area contributed by atoms with Crippen molar-refractivity contribution < 1.29 is 29.3 Å². The van der Waals surface area contributed by atoms with Gasteiger partial charge in [-0.05, 0) is 17.7 Å². The molecule has 0 fully saturated rings. The third kappa shape index (κ3) is 4.12. The molecule has 7 heteroatoms. The molecule has 0 aliphatic heterocycles. The van der Waals surface area contributed by atoms with Gasteiger partial charge in [0.2, 0.25) is 0 Å². The van der Waals surface area contributed by atoms with Crippen LogP contribution >= 0.6 is 0 Å². The monoisotopic (exact) mass is 253 g/mol. The summed E-state index contributed by atoms with van der Waals surface area (Å²) in [6.07, 6.45) is -1.12. The zero-order valence-corrected chi connectivity index (χ0v) is 9.20. The molecule has 0 saturated heterocycles. The Morgan fingerprint density at radius 1 is 1.33 bits per heavy atom. The molecule has 0 aromatic heterocycles. The van der Waals surface area contributed by atoms with Gasteiger partial charge < -0.3 is 20.3 Å². The van der Waals surface area contributed by atoms with Crippen LogP contribution in [-0.4, -0.2) is 34.8 Å². The Kier molecular flexibility index (Phi) is 4.67. The highest BCUT2D eigenvalue weighted by molar-refractivity contribution is 5.82. The van der Waals surface area contributed by atoms with Crippen molar-refractivity contribution >= 4 is 18.5 Å². The predicted molar refractivity (Wildman–Crippen MR) is 58.9 cm³/mol. The average molecular weight is 253 g/mol. The smallest absolute Gasteiger partial charge is 0.415 e. The number of amides is 1. The van der Waals surface area contributed by atoms with Gasteiger partial charge in [-0.2, -0.15) is 0 Å². The largest absolute Gasteiger partial charge is 0.508 e. The molecule has 1 aromatic carbocycles. The number of phenolic OH excluding ortho intramolecular Hbond substituents is 1. The summed E-state index contributed by atoms with van der Waals surface area (Å²) in [6.45, 7) is -0.0885. The van der Waals surface area contributed by atoms with Crippen molar-refractivity contribution in [2.24, 2.45) is 0 Å². The minimum absolute atomic E-state index is 0.00354. The summed E-state index contributed by atoms with van der Waals surface area (Å²) < 4.78 is 3.95. The molecule has 0 heterocycles. The second-order valence-electron chi connectivity index (χ2n) is 3.41. The van der Waals surface area contributed by atoms with Crippen molar-refractivity contribution in [2.45, 2.75) is 12.5 Å². The molecule has 3 N–H and O–H groups in total. The lowest BCUT2D eigenvalue weighted by Gasteiger charge is -2.13. The topological polar surface area (TPSA) is 113 Å². The van der Waals surface area contributed by atoms with Gasteiger partial charge in [-0.3, -0.25) is 4.79 Å². The molecule has 1 aromatic rings.